The molecule has 7 nitrogen and oxygen atoms in total. The number of nitrogens with one attached hydrogen (secondary N) is 1. The van der Waals surface area contributed by atoms with Crippen molar-refractivity contribution in [1.29, 1.82) is 0 Å². The van der Waals surface area contributed by atoms with E-state index in [0.717, 1.165) is 14.8 Å². The van der Waals surface area contributed by atoms with Crippen LogP contribution in [0.3, 0.4) is 0 Å². The molecule has 2 heterocycles. The Hall–Kier alpha value is -1.67. The SMILES string of the molecule is Cc1cnc(CNC(=O)N2C[C@@H](O)C[C@H]2C(=O)O)s1. The van der Waals surface area contributed by atoms with Gasteiger partial charge in [-0.1, -0.05) is 0 Å². The lowest BCUT2D eigenvalue weighted by atomic mass is 10.2. The Morgan fingerprint density at radius 2 is 2.37 bits per heavy atom. The molecule has 2 atom stereocenters. The van der Waals surface area contributed by atoms with Gasteiger partial charge in [0.25, 0.3) is 0 Å². The molecule has 1 saturated heterocycles. The van der Waals surface area contributed by atoms with Crippen molar-refractivity contribution in [3.8, 4) is 0 Å². The number of aliphatic hydroxyl groups is 1. The van der Waals surface area contributed by atoms with Gasteiger partial charge in [-0.15, -0.1) is 11.3 Å². The number of β-amino-alcohol motifs (C(OH)–C–C–N with tert-alkyl or cyclic N) is 1. The van der Waals surface area contributed by atoms with E-state index in [1.807, 2.05) is 6.92 Å². The van der Waals surface area contributed by atoms with E-state index in [1.54, 1.807) is 6.20 Å². The van der Waals surface area contributed by atoms with Gasteiger partial charge in [0.1, 0.15) is 11.0 Å². The third-order valence-corrected chi connectivity index (χ3v) is 3.80. The van der Waals surface area contributed by atoms with Crippen LogP contribution in [-0.4, -0.2) is 50.8 Å². The van der Waals surface area contributed by atoms with E-state index in [0.29, 0.717) is 0 Å². The number of thiazole rings is 1. The van der Waals surface area contributed by atoms with Crippen molar-refractivity contribution in [3.05, 3.63) is 16.1 Å². The highest BCUT2D eigenvalue weighted by Gasteiger charge is 2.38. The van der Waals surface area contributed by atoms with Crippen LogP contribution in [0.25, 0.3) is 0 Å². The van der Waals surface area contributed by atoms with Gasteiger partial charge in [-0.05, 0) is 6.92 Å². The van der Waals surface area contributed by atoms with Crippen molar-refractivity contribution < 1.29 is 19.8 Å². The largest absolute Gasteiger partial charge is 0.480 e. The lowest BCUT2D eigenvalue weighted by Gasteiger charge is -2.21. The number of urea groups is 1. The summed E-state index contributed by atoms with van der Waals surface area (Å²) in [4.78, 5) is 29.2. The summed E-state index contributed by atoms with van der Waals surface area (Å²) >= 11 is 1.47. The summed E-state index contributed by atoms with van der Waals surface area (Å²) in [6.45, 7) is 2.22. The molecular weight excluding hydrogens is 270 g/mol. The topological polar surface area (TPSA) is 103 Å². The van der Waals surface area contributed by atoms with Crippen LogP contribution in [0.15, 0.2) is 6.20 Å². The van der Waals surface area contributed by atoms with Gasteiger partial charge < -0.3 is 20.4 Å². The number of likely N-dealkylation sites (tertiary alicyclic amines) is 1. The number of aliphatic carboxylic acids is 1. The number of carboxylic acid groups (broad SMARTS) is 1. The average molecular weight is 285 g/mol. The Kier molecular flexibility index (Phi) is 4.01. The molecule has 0 spiro atoms. The number of hydrogen-bond acceptors (Lipinski definition) is 5. The minimum Gasteiger partial charge on any atom is -0.480 e. The molecule has 8 heteroatoms. The molecule has 1 aliphatic rings. The second-order valence-electron chi connectivity index (χ2n) is 4.42. The molecular formula is C11H15N3O4S. The molecule has 1 aliphatic heterocycles. The Morgan fingerprint density at radius 3 is 2.95 bits per heavy atom. The molecule has 1 fully saturated rings. The zero-order valence-electron chi connectivity index (χ0n) is 10.4. The molecule has 0 saturated carbocycles. The first kappa shape index (κ1) is 13.8. The van der Waals surface area contributed by atoms with Crippen LogP contribution in [0.4, 0.5) is 4.79 Å². The fourth-order valence-electron chi connectivity index (χ4n) is 2.01. The molecule has 0 bridgehead atoms. The van der Waals surface area contributed by atoms with Gasteiger partial charge in [0, 0.05) is 24.0 Å². The van der Waals surface area contributed by atoms with Crippen LogP contribution in [0.5, 0.6) is 0 Å². The summed E-state index contributed by atoms with van der Waals surface area (Å²) in [5.41, 5.74) is 0. The summed E-state index contributed by atoms with van der Waals surface area (Å²) in [7, 11) is 0. The van der Waals surface area contributed by atoms with E-state index in [1.165, 1.54) is 11.3 Å². The number of rotatable bonds is 3. The fourth-order valence-corrected chi connectivity index (χ4v) is 2.74. The predicted molar refractivity (Wildman–Crippen MR) is 67.8 cm³/mol. The second-order valence-corrected chi connectivity index (χ2v) is 5.74. The van der Waals surface area contributed by atoms with Crippen molar-refractivity contribution >= 4 is 23.3 Å². The molecule has 0 aliphatic carbocycles. The monoisotopic (exact) mass is 285 g/mol. The molecule has 19 heavy (non-hydrogen) atoms. The maximum Gasteiger partial charge on any atom is 0.326 e. The summed E-state index contributed by atoms with van der Waals surface area (Å²) in [6, 6.07) is -1.45. The molecule has 2 rings (SSSR count). The molecule has 3 N–H and O–H groups in total. The highest BCUT2D eigenvalue weighted by atomic mass is 32.1. The number of carbonyl (C=O) groups is 2. The van der Waals surface area contributed by atoms with Crippen LogP contribution >= 0.6 is 11.3 Å². The Labute approximate surface area is 113 Å². The quantitative estimate of drug-likeness (QED) is 0.735. The Morgan fingerprint density at radius 1 is 1.63 bits per heavy atom. The van der Waals surface area contributed by atoms with Crippen LogP contribution in [0.2, 0.25) is 0 Å². The highest BCUT2D eigenvalue weighted by Crippen LogP contribution is 2.18. The van der Waals surface area contributed by atoms with E-state index in [9.17, 15) is 14.7 Å². The number of nitrogens with zero attached hydrogens (tertiary/aromatic N) is 2. The van der Waals surface area contributed by atoms with Crippen molar-refractivity contribution in [2.24, 2.45) is 0 Å². The van der Waals surface area contributed by atoms with Crippen LogP contribution in [0, 0.1) is 6.92 Å². The molecule has 104 valence electrons. The maximum absolute atomic E-state index is 11.9. The summed E-state index contributed by atoms with van der Waals surface area (Å²) in [5, 5.41) is 21.8. The fraction of sp³-hybridized carbons (Fsp3) is 0.545. The van der Waals surface area contributed by atoms with Crippen LogP contribution in [-0.2, 0) is 11.3 Å². The van der Waals surface area contributed by atoms with Gasteiger partial charge in [-0.2, -0.15) is 0 Å². The predicted octanol–water partition coefficient (Wildman–Crippen LogP) is 0.181. The van der Waals surface area contributed by atoms with Gasteiger partial charge in [-0.25, -0.2) is 14.6 Å². The molecule has 0 unspecified atom stereocenters. The first-order valence-corrected chi connectivity index (χ1v) is 6.65. The lowest BCUT2D eigenvalue weighted by molar-refractivity contribution is -0.141. The first-order chi connectivity index (χ1) is 8.97. The van der Waals surface area contributed by atoms with E-state index in [4.69, 9.17) is 5.11 Å². The number of aliphatic hydroxyl groups excluding tert-OH is 1. The zero-order valence-corrected chi connectivity index (χ0v) is 11.2. The third kappa shape index (κ3) is 3.21. The normalized spacial score (nSPS) is 22.5. The van der Waals surface area contributed by atoms with E-state index in [2.05, 4.69) is 10.3 Å². The first-order valence-electron chi connectivity index (χ1n) is 5.84. The van der Waals surface area contributed by atoms with Crippen molar-refractivity contribution in [3.63, 3.8) is 0 Å². The number of aryl methyl sites for hydroxylation is 1. The smallest absolute Gasteiger partial charge is 0.326 e. The minimum absolute atomic E-state index is 0.0414. The van der Waals surface area contributed by atoms with Gasteiger partial charge in [0.15, 0.2) is 0 Å². The summed E-state index contributed by atoms with van der Waals surface area (Å²) in [6.07, 6.45) is 0.999. The molecule has 1 aromatic rings. The number of carboxylic acids is 1. The standard InChI is InChI=1S/C11H15N3O4S/c1-6-3-12-9(19-6)4-13-11(18)14-5-7(15)2-8(14)10(16)17/h3,7-8,15H,2,4-5H2,1H3,(H,13,18)(H,16,17)/t7-,8-/m0/s1. The van der Waals surface area contributed by atoms with E-state index < -0.39 is 24.1 Å². The van der Waals surface area contributed by atoms with Crippen LogP contribution < -0.4 is 5.32 Å². The van der Waals surface area contributed by atoms with Crippen LogP contribution in [0.1, 0.15) is 16.3 Å². The summed E-state index contributed by atoms with van der Waals surface area (Å²) in [5.74, 6) is -1.10. The van der Waals surface area contributed by atoms with E-state index in [-0.39, 0.29) is 19.5 Å². The lowest BCUT2D eigenvalue weighted by Crippen LogP contribution is -2.45. The maximum atomic E-state index is 11.9. The van der Waals surface area contributed by atoms with Crippen molar-refractivity contribution in [1.82, 2.24) is 15.2 Å². The molecule has 0 radical (unpaired) electrons. The number of carbonyl (C=O) groups excluding carboxylic acids is 1. The van der Waals surface area contributed by atoms with Gasteiger partial charge in [0.05, 0.1) is 12.6 Å². The third-order valence-electron chi connectivity index (χ3n) is 2.88. The Bertz CT molecular complexity index is 490. The zero-order chi connectivity index (χ0) is 14.0. The van der Waals surface area contributed by atoms with Gasteiger partial charge in [-0.3, -0.25) is 0 Å². The van der Waals surface area contributed by atoms with Gasteiger partial charge >= 0.3 is 12.0 Å². The molecule has 0 aromatic carbocycles. The molecule has 2 amide bonds. The highest BCUT2D eigenvalue weighted by molar-refractivity contribution is 7.11. The van der Waals surface area contributed by atoms with Crippen molar-refractivity contribution in [2.75, 3.05) is 6.54 Å². The molecule has 1 aromatic heterocycles. The number of hydrogen-bond donors (Lipinski definition) is 3. The van der Waals surface area contributed by atoms with Gasteiger partial charge in [0.2, 0.25) is 0 Å². The second kappa shape index (κ2) is 5.54. The average Bonchev–Trinajstić information content (AvgIpc) is 2.92. The minimum atomic E-state index is -1.10. The number of aromatic nitrogens is 1. The summed E-state index contributed by atoms with van der Waals surface area (Å²) < 4.78 is 0. The Balaban J connectivity index is 1.93. The number of amides is 2. The van der Waals surface area contributed by atoms with E-state index >= 15 is 0 Å². The van der Waals surface area contributed by atoms with Crippen molar-refractivity contribution in [2.45, 2.75) is 32.0 Å².